The van der Waals surface area contributed by atoms with Gasteiger partial charge in [0, 0.05) is 32.9 Å². The molecule has 1 aliphatic rings. The van der Waals surface area contributed by atoms with Crippen LogP contribution in [0.3, 0.4) is 0 Å². The number of hydrogen-bond donors (Lipinski definition) is 0. The molecule has 4 nitrogen and oxygen atoms in total. The second-order valence-electron chi connectivity index (χ2n) is 14.1. The first-order chi connectivity index (χ1) is 25.5. The van der Waals surface area contributed by atoms with Crippen molar-refractivity contribution < 1.29 is 0 Å². The van der Waals surface area contributed by atoms with Gasteiger partial charge >= 0.3 is 0 Å². The van der Waals surface area contributed by atoms with Crippen molar-refractivity contribution in [1.82, 2.24) is 19.5 Å². The van der Waals surface area contributed by atoms with Gasteiger partial charge < -0.3 is 4.57 Å². The first-order valence-corrected chi connectivity index (χ1v) is 17.8. The second-order valence-corrected chi connectivity index (χ2v) is 14.1. The average Bonchev–Trinajstić information content (AvgIpc) is 3.55. The van der Waals surface area contributed by atoms with Crippen molar-refractivity contribution in [3.05, 3.63) is 181 Å². The second kappa shape index (κ2) is 11.7. The first-order valence-electron chi connectivity index (χ1n) is 17.8. The van der Waals surface area contributed by atoms with E-state index in [-0.39, 0.29) is 5.41 Å². The molecule has 0 unspecified atom stereocenters. The lowest BCUT2D eigenvalue weighted by Crippen LogP contribution is -2.26. The van der Waals surface area contributed by atoms with Crippen molar-refractivity contribution in [2.24, 2.45) is 0 Å². The molecular weight excluding hydrogens is 633 g/mol. The van der Waals surface area contributed by atoms with Crippen molar-refractivity contribution in [3.63, 3.8) is 0 Å². The number of hydrogen-bond acceptors (Lipinski definition) is 3. The van der Waals surface area contributed by atoms with Crippen LogP contribution in [0.25, 0.3) is 83.9 Å². The fourth-order valence-corrected chi connectivity index (χ4v) is 7.97. The highest BCUT2D eigenvalue weighted by Gasteiger charge is 2.34. The first kappa shape index (κ1) is 30.2. The van der Waals surface area contributed by atoms with Gasteiger partial charge in [-0.3, -0.25) is 0 Å². The molecule has 0 saturated heterocycles. The summed E-state index contributed by atoms with van der Waals surface area (Å²) in [4.78, 5) is 14.7. The van der Waals surface area contributed by atoms with E-state index in [0.717, 1.165) is 27.8 Å². The van der Waals surface area contributed by atoms with E-state index in [0.29, 0.717) is 17.5 Å². The smallest absolute Gasteiger partial charge is 0.164 e. The average molecular weight is 667 g/mol. The fourth-order valence-electron chi connectivity index (χ4n) is 7.97. The maximum atomic E-state index is 4.92. The summed E-state index contributed by atoms with van der Waals surface area (Å²) in [6.07, 6.45) is 0. The number of fused-ring (bicyclic) bond motifs is 5. The lowest BCUT2D eigenvalue weighted by atomic mass is 9.75. The summed E-state index contributed by atoms with van der Waals surface area (Å²) in [5.41, 5.74) is 14.0. The molecule has 0 N–H and O–H groups in total. The molecule has 0 bridgehead atoms. The Bertz CT molecular complexity index is 2740. The van der Waals surface area contributed by atoms with E-state index in [1.807, 2.05) is 60.7 Å². The maximum absolute atomic E-state index is 4.92. The van der Waals surface area contributed by atoms with Gasteiger partial charge in [0.05, 0.1) is 16.7 Å². The van der Waals surface area contributed by atoms with Crippen LogP contribution in [0.15, 0.2) is 170 Å². The number of para-hydroxylation sites is 2. The molecule has 2 aromatic heterocycles. The molecule has 246 valence electrons. The van der Waals surface area contributed by atoms with E-state index in [4.69, 9.17) is 15.0 Å². The van der Waals surface area contributed by atoms with Gasteiger partial charge in [-0.15, -0.1) is 0 Å². The molecule has 0 radical (unpaired) electrons. The van der Waals surface area contributed by atoms with Crippen LogP contribution in [0.1, 0.15) is 25.0 Å². The molecule has 52 heavy (non-hydrogen) atoms. The third-order valence-electron chi connectivity index (χ3n) is 10.7. The minimum Gasteiger partial charge on any atom is -0.309 e. The van der Waals surface area contributed by atoms with Crippen LogP contribution in [-0.4, -0.2) is 19.5 Å². The molecule has 0 spiro atoms. The predicted octanol–water partition coefficient (Wildman–Crippen LogP) is 11.9. The largest absolute Gasteiger partial charge is 0.309 e. The summed E-state index contributed by atoms with van der Waals surface area (Å²) in [6.45, 7) is 4.69. The lowest BCUT2D eigenvalue weighted by Gasteiger charge is -2.34. The van der Waals surface area contributed by atoms with Crippen molar-refractivity contribution in [2.75, 3.05) is 0 Å². The molecule has 0 atom stereocenters. The van der Waals surface area contributed by atoms with Crippen LogP contribution >= 0.6 is 0 Å². The third kappa shape index (κ3) is 4.79. The summed E-state index contributed by atoms with van der Waals surface area (Å²) in [6, 6.07) is 60.2. The standard InChI is InChI=1S/C48H34N4/c1-48(2)40-20-9-10-22-43(40)52-42-28-27-37(30-39(42)38-19-12-21-41(48)44(38)52)36-18-11-17-35(29-36)31-23-25-34(26-24-31)47-50-45(32-13-5-3-6-14-32)49-46(51-47)33-15-7-4-8-16-33/h3-30H,1-2H3. The predicted molar refractivity (Wildman–Crippen MR) is 213 cm³/mol. The fraction of sp³-hybridized carbons (Fsp3) is 0.0625. The van der Waals surface area contributed by atoms with E-state index in [2.05, 4.69) is 128 Å². The van der Waals surface area contributed by atoms with E-state index >= 15 is 0 Å². The van der Waals surface area contributed by atoms with E-state index in [9.17, 15) is 0 Å². The molecule has 7 aromatic carbocycles. The Labute approximate surface area is 302 Å². The molecule has 10 rings (SSSR count). The van der Waals surface area contributed by atoms with Crippen molar-refractivity contribution in [3.8, 4) is 62.1 Å². The molecule has 0 saturated carbocycles. The van der Waals surface area contributed by atoms with Crippen molar-refractivity contribution in [2.45, 2.75) is 19.3 Å². The number of aromatic nitrogens is 4. The minimum absolute atomic E-state index is 0.0783. The van der Waals surface area contributed by atoms with E-state index in [1.165, 1.54) is 49.7 Å². The van der Waals surface area contributed by atoms with Crippen LogP contribution < -0.4 is 0 Å². The summed E-state index contributed by atoms with van der Waals surface area (Å²) in [5.74, 6) is 1.97. The highest BCUT2D eigenvalue weighted by atomic mass is 15.0. The molecule has 4 heteroatoms. The quantitative estimate of drug-likeness (QED) is 0.184. The summed E-state index contributed by atoms with van der Waals surface area (Å²) < 4.78 is 2.47. The Morgan fingerprint density at radius 2 is 0.865 bits per heavy atom. The van der Waals surface area contributed by atoms with Crippen LogP contribution in [0.2, 0.25) is 0 Å². The summed E-state index contributed by atoms with van der Waals surface area (Å²) in [7, 11) is 0. The van der Waals surface area contributed by atoms with Gasteiger partial charge in [0.2, 0.25) is 0 Å². The van der Waals surface area contributed by atoms with Crippen LogP contribution in [0.4, 0.5) is 0 Å². The molecule has 1 aliphatic heterocycles. The van der Waals surface area contributed by atoms with Gasteiger partial charge in [-0.05, 0) is 57.6 Å². The maximum Gasteiger partial charge on any atom is 0.164 e. The molecule has 0 amide bonds. The van der Waals surface area contributed by atoms with Gasteiger partial charge in [-0.25, -0.2) is 15.0 Å². The van der Waals surface area contributed by atoms with Gasteiger partial charge in [-0.1, -0.05) is 159 Å². The molecule has 0 aliphatic carbocycles. The van der Waals surface area contributed by atoms with Gasteiger partial charge in [-0.2, -0.15) is 0 Å². The Kier molecular flexibility index (Phi) is 6.80. The van der Waals surface area contributed by atoms with Crippen molar-refractivity contribution >= 4 is 21.8 Å². The molecule has 9 aromatic rings. The topological polar surface area (TPSA) is 43.6 Å². The normalized spacial score (nSPS) is 13.0. The number of rotatable bonds is 5. The zero-order valence-electron chi connectivity index (χ0n) is 29.0. The van der Waals surface area contributed by atoms with Crippen molar-refractivity contribution in [1.29, 1.82) is 0 Å². The Morgan fingerprint density at radius 3 is 1.54 bits per heavy atom. The van der Waals surface area contributed by atoms with Crippen LogP contribution in [-0.2, 0) is 5.41 Å². The van der Waals surface area contributed by atoms with Gasteiger partial charge in [0.1, 0.15) is 0 Å². The van der Waals surface area contributed by atoms with Gasteiger partial charge in [0.25, 0.3) is 0 Å². The Morgan fingerprint density at radius 1 is 0.385 bits per heavy atom. The summed E-state index contributed by atoms with van der Waals surface area (Å²) >= 11 is 0. The van der Waals surface area contributed by atoms with Crippen LogP contribution in [0, 0.1) is 0 Å². The Balaban J connectivity index is 1.03. The monoisotopic (exact) mass is 666 g/mol. The molecule has 3 heterocycles. The Hall–Kier alpha value is -6.65. The van der Waals surface area contributed by atoms with E-state index < -0.39 is 0 Å². The van der Waals surface area contributed by atoms with Gasteiger partial charge in [0.15, 0.2) is 17.5 Å². The number of nitrogens with zero attached hydrogens (tertiary/aromatic N) is 4. The third-order valence-corrected chi connectivity index (χ3v) is 10.7. The minimum atomic E-state index is -0.0783. The SMILES string of the molecule is CC1(C)c2ccccc2-n2c3ccc(-c4cccc(-c5ccc(-c6nc(-c7ccccc7)nc(-c7ccccc7)n6)cc5)c4)cc3c3cccc1c32. The highest BCUT2D eigenvalue weighted by Crippen LogP contribution is 2.47. The molecule has 0 fully saturated rings. The number of benzene rings is 7. The highest BCUT2D eigenvalue weighted by molar-refractivity contribution is 6.12. The zero-order chi connectivity index (χ0) is 34.8. The van der Waals surface area contributed by atoms with Crippen LogP contribution in [0.5, 0.6) is 0 Å². The zero-order valence-corrected chi connectivity index (χ0v) is 29.0. The summed E-state index contributed by atoms with van der Waals surface area (Å²) in [5, 5.41) is 2.58. The van der Waals surface area contributed by atoms with E-state index in [1.54, 1.807) is 0 Å². The lowest BCUT2D eigenvalue weighted by molar-refractivity contribution is 0.630. The molecular formula is C48H34N4.